The van der Waals surface area contributed by atoms with Crippen LogP contribution in [0.2, 0.25) is 0 Å². The van der Waals surface area contributed by atoms with Gasteiger partial charge in [0.15, 0.2) is 0 Å². The molecule has 2 amide bonds. The van der Waals surface area contributed by atoms with Crippen LogP contribution < -0.4 is 10.6 Å². The molecule has 2 saturated carbocycles. The van der Waals surface area contributed by atoms with Gasteiger partial charge in [0, 0.05) is 25.8 Å². The van der Waals surface area contributed by atoms with Gasteiger partial charge in [-0.3, -0.25) is 4.79 Å². The third-order valence-corrected chi connectivity index (χ3v) is 3.70. The number of amides is 2. The minimum Gasteiger partial charge on any atom is -0.481 e. The molecule has 20 heavy (non-hydrogen) atoms. The quantitative estimate of drug-likeness (QED) is 0.528. The largest absolute Gasteiger partial charge is 0.481 e. The van der Waals surface area contributed by atoms with Crippen molar-refractivity contribution in [2.75, 3.05) is 19.8 Å². The molecule has 0 spiro atoms. The summed E-state index contributed by atoms with van der Waals surface area (Å²) in [6.07, 6.45) is 5.37. The van der Waals surface area contributed by atoms with E-state index < -0.39 is 5.97 Å². The van der Waals surface area contributed by atoms with Crippen molar-refractivity contribution in [2.24, 2.45) is 11.8 Å². The van der Waals surface area contributed by atoms with E-state index >= 15 is 0 Å². The van der Waals surface area contributed by atoms with Crippen molar-refractivity contribution in [1.82, 2.24) is 10.6 Å². The number of hydrogen-bond acceptors (Lipinski definition) is 3. The smallest absolute Gasteiger partial charge is 0.315 e. The van der Waals surface area contributed by atoms with E-state index in [1.807, 2.05) is 0 Å². The van der Waals surface area contributed by atoms with Gasteiger partial charge in [0.2, 0.25) is 0 Å². The highest BCUT2D eigenvalue weighted by molar-refractivity contribution is 5.75. The molecule has 0 bridgehead atoms. The molecule has 0 radical (unpaired) electrons. The third kappa shape index (κ3) is 6.23. The number of hydrogen-bond donors (Lipinski definition) is 3. The maximum absolute atomic E-state index is 11.7. The molecule has 0 aliphatic heterocycles. The summed E-state index contributed by atoms with van der Waals surface area (Å²) in [4.78, 5) is 22.4. The molecule has 1 unspecified atom stereocenters. The topological polar surface area (TPSA) is 87.7 Å². The minimum absolute atomic E-state index is 0.00257. The van der Waals surface area contributed by atoms with Crippen molar-refractivity contribution in [1.29, 1.82) is 0 Å². The van der Waals surface area contributed by atoms with Gasteiger partial charge < -0.3 is 20.5 Å². The van der Waals surface area contributed by atoms with Gasteiger partial charge in [-0.1, -0.05) is 0 Å². The lowest BCUT2D eigenvalue weighted by molar-refractivity contribution is -0.137. The lowest BCUT2D eigenvalue weighted by atomic mass is 10.1. The molecule has 1 atom stereocenters. The Balaban J connectivity index is 1.50. The van der Waals surface area contributed by atoms with Crippen LogP contribution in [0.5, 0.6) is 0 Å². The maximum atomic E-state index is 11.7. The van der Waals surface area contributed by atoms with E-state index in [9.17, 15) is 9.59 Å². The molecule has 3 N–H and O–H groups in total. The number of carboxylic acid groups (broad SMARTS) is 1. The number of ether oxygens (including phenoxy) is 1. The van der Waals surface area contributed by atoms with Gasteiger partial charge in [-0.15, -0.1) is 0 Å². The highest BCUT2D eigenvalue weighted by atomic mass is 16.5. The van der Waals surface area contributed by atoms with Crippen molar-refractivity contribution in [2.45, 2.75) is 44.6 Å². The highest BCUT2D eigenvalue weighted by Gasteiger charge is 2.33. The van der Waals surface area contributed by atoms with Crippen LogP contribution >= 0.6 is 0 Å². The molecular formula is C14H24N2O4. The zero-order chi connectivity index (χ0) is 14.4. The first-order valence-electron chi connectivity index (χ1n) is 7.49. The van der Waals surface area contributed by atoms with E-state index in [1.54, 1.807) is 0 Å². The van der Waals surface area contributed by atoms with Crippen molar-refractivity contribution >= 4 is 12.0 Å². The minimum atomic E-state index is -0.865. The number of carboxylic acids is 1. The number of nitrogens with one attached hydrogen (secondary N) is 2. The second kappa shape index (κ2) is 7.47. The Hall–Kier alpha value is -1.30. The molecule has 0 aromatic heterocycles. The standard InChI is InChI=1S/C14H24N2O4/c17-13(18)8-12(11-4-5-11)16-14(19)15-6-1-7-20-9-10-2-3-10/h10-12H,1-9H2,(H,17,18)(H2,15,16,19). The van der Waals surface area contributed by atoms with E-state index in [1.165, 1.54) is 12.8 Å². The highest BCUT2D eigenvalue weighted by Crippen LogP contribution is 2.34. The molecule has 2 fully saturated rings. The summed E-state index contributed by atoms with van der Waals surface area (Å²) < 4.78 is 5.47. The molecule has 0 aromatic rings. The van der Waals surface area contributed by atoms with Gasteiger partial charge in [0.05, 0.1) is 6.42 Å². The number of rotatable bonds is 10. The average molecular weight is 284 g/mol. The van der Waals surface area contributed by atoms with Crippen LogP contribution in [-0.4, -0.2) is 42.9 Å². The van der Waals surface area contributed by atoms with Crippen LogP contribution in [-0.2, 0) is 9.53 Å². The Morgan fingerprint density at radius 2 is 2.00 bits per heavy atom. The van der Waals surface area contributed by atoms with Crippen molar-refractivity contribution in [3.63, 3.8) is 0 Å². The van der Waals surface area contributed by atoms with Crippen LogP contribution in [0.1, 0.15) is 38.5 Å². The summed E-state index contributed by atoms with van der Waals surface area (Å²) in [6.45, 7) is 2.06. The van der Waals surface area contributed by atoms with Crippen molar-refractivity contribution in [3.05, 3.63) is 0 Å². The fourth-order valence-corrected chi connectivity index (χ4v) is 2.15. The molecule has 2 aliphatic rings. The number of aliphatic carboxylic acids is 1. The summed E-state index contributed by atoms with van der Waals surface area (Å²) in [6, 6.07) is -0.510. The van der Waals surface area contributed by atoms with Crippen LogP contribution in [0.3, 0.4) is 0 Å². The van der Waals surface area contributed by atoms with Crippen molar-refractivity contribution in [3.8, 4) is 0 Å². The van der Waals surface area contributed by atoms with Crippen LogP contribution in [0.25, 0.3) is 0 Å². The average Bonchev–Trinajstić information content (AvgIpc) is 3.26. The molecular weight excluding hydrogens is 260 g/mol. The molecule has 6 nitrogen and oxygen atoms in total. The van der Waals surface area contributed by atoms with Gasteiger partial charge in [0.1, 0.15) is 0 Å². The lowest BCUT2D eigenvalue weighted by Crippen LogP contribution is -2.44. The summed E-state index contributed by atoms with van der Waals surface area (Å²) in [5.41, 5.74) is 0. The molecule has 0 heterocycles. The van der Waals surface area contributed by atoms with Crippen LogP contribution in [0.15, 0.2) is 0 Å². The Bertz CT molecular complexity index is 340. The van der Waals surface area contributed by atoms with Crippen LogP contribution in [0, 0.1) is 11.8 Å². The van der Waals surface area contributed by atoms with Gasteiger partial charge in [-0.25, -0.2) is 4.79 Å². The number of carbonyl (C=O) groups excluding carboxylic acids is 1. The summed E-state index contributed by atoms with van der Waals surface area (Å²) in [5, 5.41) is 14.3. The fourth-order valence-electron chi connectivity index (χ4n) is 2.15. The molecule has 114 valence electrons. The molecule has 6 heteroatoms. The van der Waals surface area contributed by atoms with E-state index in [2.05, 4.69) is 10.6 Å². The number of urea groups is 1. The maximum Gasteiger partial charge on any atom is 0.315 e. The predicted octanol–water partition coefficient (Wildman–Crippen LogP) is 1.36. The zero-order valence-corrected chi connectivity index (χ0v) is 11.8. The lowest BCUT2D eigenvalue weighted by Gasteiger charge is -2.16. The predicted molar refractivity (Wildman–Crippen MR) is 73.5 cm³/mol. The zero-order valence-electron chi connectivity index (χ0n) is 11.8. The van der Waals surface area contributed by atoms with Gasteiger partial charge >= 0.3 is 12.0 Å². The monoisotopic (exact) mass is 284 g/mol. The van der Waals surface area contributed by atoms with Gasteiger partial charge in [0.25, 0.3) is 0 Å². The second-order valence-electron chi connectivity index (χ2n) is 5.81. The van der Waals surface area contributed by atoms with E-state index in [4.69, 9.17) is 9.84 Å². The fraction of sp³-hybridized carbons (Fsp3) is 0.857. The van der Waals surface area contributed by atoms with Gasteiger partial charge in [-0.2, -0.15) is 0 Å². The first kappa shape index (κ1) is 15.1. The molecule has 0 aromatic carbocycles. The number of carbonyl (C=O) groups is 2. The van der Waals surface area contributed by atoms with E-state index in [-0.39, 0.29) is 18.5 Å². The van der Waals surface area contributed by atoms with E-state index in [0.717, 1.165) is 31.8 Å². The Morgan fingerprint density at radius 1 is 1.25 bits per heavy atom. The first-order valence-corrected chi connectivity index (χ1v) is 7.49. The van der Waals surface area contributed by atoms with E-state index in [0.29, 0.717) is 19.1 Å². The summed E-state index contributed by atoms with van der Waals surface area (Å²) in [5.74, 6) is 0.232. The molecule has 0 saturated heterocycles. The van der Waals surface area contributed by atoms with Crippen LogP contribution in [0.4, 0.5) is 4.79 Å². The molecule has 2 aliphatic carbocycles. The third-order valence-electron chi connectivity index (χ3n) is 3.70. The Labute approximate surface area is 119 Å². The first-order chi connectivity index (χ1) is 9.65. The van der Waals surface area contributed by atoms with Crippen molar-refractivity contribution < 1.29 is 19.4 Å². The summed E-state index contributed by atoms with van der Waals surface area (Å²) >= 11 is 0. The Kier molecular flexibility index (Phi) is 5.64. The SMILES string of the molecule is O=C(O)CC(NC(=O)NCCCOCC1CC1)C1CC1. The Morgan fingerprint density at radius 3 is 2.60 bits per heavy atom. The summed E-state index contributed by atoms with van der Waals surface area (Å²) in [7, 11) is 0. The van der Waals surface area contributed by atoms with Gasteiger partial charge in [-0.05, 0) is 43.9 Å². The second-order valence-corrected chi connectivity index (χ2v) is 5.81. The molecule has 2 rings (SSSR count). The normalized spacial score (nSPS) is 19.4.